The van der Waals surface area contributed by atoms with E-state index in [1.165, 1.54) is 0 Å². The van der Waals surface area contributed by atoms with Gasteiger partial charge in [-0.15, -0.1) is 0 Å². The third-order valence-electron chi connectivity index (χ3n) is 1.56. The quantitative estimate of drug-likeness (QED) is 0.524. The second kappa shape index (κ2) is 5.11. The first-order chi connectivity index (χ1) is 5.52. The predicted octanol–water partition coefficient (Wildman–Crippen LogP) is -0.530. The van der Waals surface area contributed by atoms with E-state index >= 15 is 0 Å². The number of aliphatic hydroxyl groups is 1. The van der Waals surface area contributed by atoms with Crippen molar-refractivity contribution < 1.29 is 9.90 Å². The van der Waals surface area contributed by atoms with Crippen molar-refractivity contribution in [1.29, 1.82) is 0 Å². The Bertz CT molecular complexity index is 146. The first kappa shape index (κ1) is 11.4. The van der Waals surface area contributed by atoms with E-state index in [1.54, 1.807) is 0 Å². The summed E-state index contributed by atoms with van der Waals surface area (Å²) in [5.74, 6) is -0.0565. The predicted molar refractivity (Wildman–Crippen MR) is 47.5 cm³/mol. The first-order valence-corrected chi connectivity index (χ1v) is 4.09. The third kappa shape index (κ3) is 5.09. The molecule has 0 aromatic heterocycles. The lowest BCUT2D eigenvalue weighted by atomic mass is 9.95. The number of hydrogen-bond donors (Lipinski definition) is 3. The Labute approximate surface area is 73.1 Å². The first-order valence-electron chi connectivity index (χ1n) is 4.09. The minimum atomic E-state index is -0.246. The number of nitrogens with two attached hydrogens (primary N) is 1. The summed E-state index contributed by atoms with van der Waals surface area (Å²) in [7, 11) is 0. The molecule has 4 N–H and O–H groups in total. The number of rotatable bonds is 5. The summed E-state index contributed by atoms with van der Waals surface area (Å²) in [6.45, 7) is 4.69. The van der Waals surface area contributed by atoms with E-state index in [4.69, 9.17) is 10.8 Å². The van der Waals surface area contributed by atoms with Crippen molar-refractivity contribution in [2.75, 3.05) is 19.7 Å². The average molecular weight is 174 g/mol. The van der Waals surface area contributed by atoms with Crippen molar-refractivity contribution in [2.24, 2.45) is 11.1 Å². The van der Waals surface area contributed by atoms with Crippen LogP contribution in [0.2, 0.25) is 0 Å². The molecule has 0 spiro atoms. The molecule has 0 aromatic rings. The van der Waals surface area contributed by atoms with Crippen molar-refractivity contribution in [1.82, 2.24) is 5.32 Å². The zero-order valence-electron chi connectivity index (χ0n) is 7.76. The van der Waals surface area contributed by atoms with Gasteiger partial charge in [0.05, 0.1) is 0 Å². The molecular weight excluding hydrogens is 156 g/mol. The van der Waals surface area contributed by atoms with Crippen LogP contribution in [0.15, 0.2) is 0 Å². The summed E-state index contributed by atoms with van der Waals surface area (Å²) in [5.41, 5.74) is 4.95. The van der Waals surface area contributed by atoms with Crippen LogP contribution in [0.1, 0.15) is 20.3 Å². The maximum atomic E-state index is 10.9. The van der Waals surface area contributed by atoms with Gasteiger partial charge < -0.3 is 16.2 Å². The average Bonchev–Trinajstić information content (AvgIpc) is 2.02. The molecule has 0 rings (SSSR count). The summed E-state index contributed by atoms with van der Waals surface area (Å²) in [5, 5.41) is 11.6. The summed E-state index contributed by atoms with van der Waals surface area (Å²) in [4.78, 5) is 10.9. The van der Waals surface area contributed by atoms with Crippen molar-refractivity contribution in [2.45, 2.75) is 20.3 Å². The maximum Gasteiger partial charge on any atom is 0.221 e. The monoisotopic (exact) mass is 174 g/mol. The van der Waals surface area contributed by atoms with Gasteiger partial charge in [0, 0.05) is 31.5 Å². The van der Waals surface area contributed by atoms with Gasteiger partial charge in [-0.25, -0.2) is 0 Å². The number of nitrogens with one attached hydrogen (secondary N) is 1. The molecule has 4 heteroatoms. The second-order valence-corrected chi connectivity index (χ2v) is 3.64. The van der Waals surface area contributed by atoms with Crippen LogP contribution >= 0.6 is 0 Å². The molecule has 0 bridgehead atoms. The van der Waals surface area contributed by atoms with Crippen LogP contribution in [0, 0.1) is 5.41 Å². The smallest absolute Gasteiger partial charge is 0.221 e. The Morgan fingerprint density at radius 1 is 1.58 bits per heavy atom. The van der Waals surface area contributed by atoms with Crippen LogP contribution in [-0.2, 0) is 4.79 Å². The van der Waals surface area contributed by atoms with Crippen LogP contribution in [-0.4, -0.2) is 30.7 Å². The van der Waals surface area contributed by atoms with Crippen LogP contribution < -0.4 is 11.1 Å². The lowest BCUT2D eigenvalue weighted by Crippen LogP contribution is -2.36. The Kier molecular flexibility index (Phi) is 4.85. The number of carbonyl (C=O) groups excluding carboxylic acids is 1. The zero-order chi connectivity index (χ0) is 9.61. The zero-order valence-corrected chi connectivity index (χ0v) is 7.76. The largest absolute Gasteiger partial charge is 0.396 e. The Morgan fingerprint density at radius 3 is 2.58 bits per heavy atom. The van der Waals surface area contributed by atoms with Gasteiger partial charge in [-0.1, -0.05) is 13.8 Å². The molecule has 72 valence electrons. The standard InChI is InChI=1S/C8H18N2O2/c1-8(2,6-11)5-10-7(12)3-4-9/h11H,3-6,9H2,1-2H3,(H,10,12). The summed E-state index contributed by atoms with van der Waals surface area (Å²) >= 11 is 0. The third-order valence-corrected chi connectivity index (χ3v) is 1.56. The van der Waals surface area contributed by atoms with Crippen molar-refractivity contribution >= 4 is 5.91 Å². The van der Waals surface area contributed by atoms with E-state index in [0.29, 0.717) is 19.5 Å². The molecule has 0 atom stereocenters. The maximum absolute atomic E-state index is 10.9. The summed E-state index contributed by atoms with van der Waals surface area (Å²) in [6.07, 6.45) is 0.349. The molecule has 12 heavy (non-hydrogen) atoms. The van der Waals surface area contributed by atoms with Crippen molar-refractivity contribution in [3.8, 4) is 0 Å². The Morgan fingerprint density at radius 2 is 2.17 bits per heavy atom. The topological polar surface area (TPSA) is 75.3 Å². The van der Waals surface area contributed by atoms with Gasteiger partial charge in [-0.3, -0.25) is 4.79 Å². The fourth-order valence-electron chi connectivity index (χ4n) is 0.613. The number of amides is 1. The minimum Gasteiger partial charge on any atom is -0.396 e. The van der Waals surface area contributed by atoms with Gasteiger partial charge >= 0.3 is 0 Å². The van der Waals surface area contributed by atoms with Gasteiger partial charge in [0.25, 0.3) is 0 Å². The molecule has 0 aromatic carbocycles. The second-order valence-electron chi connectivity index (χ2n) is 3.64. The van der Waals surface area contributed by atoms with E-state index < -0.39 is 0 Å². The van der Waals surface area contributed by atoms with E-state index in [1.807, 2.05) is 13.8 Å². The SMILES string of the molecule is CC(C)(CO)CNC(=O)CCN. The fraction of sp³-hybridized carbons (Fsp3) is 0.875. The lowest BCUT2D eigenvalue weighted by Gasteiger charge is -2.21. The van der Waals surface area contributed by atoms with Crippen molar-refractivity contribution in [3.05, 3.63) is 0 Å². The van der Waals surface area contributed by atoms with Gasteiger partial charge in [-0.2, -0.15) is 0 Å². The van der Waals surface area contributed by atoms with Gasteiger partial charge in [0.2, 0.25) is 5.91 Å². The van der Waals surface area contributed by atoms with Crippen LogP contribution in [0.5, 0.6) is 0 Å². The normalized spacial score (nSPS) is 11.3. The summed E-state index contributed by atoms with van der Waals surface area (Å²) < 4.78 is 0. The molecule has 0 radical (unpaired) electrons. The van der Waals surface area contributed by atoms with Gasteiger partial charge in [0.1, 0.15) is 0 Å². The number of hydrogen-bond acceptors (Lipinski definition) is 3. The lowest BCUT2D eigenvalue weighted by molar-refractivity contribution is -0.121. The molecule has 4 nitrogen and oxygen atoms in total. The molecule has 0 fully saturated rings. The number of aliphatic hydroxyl groups excluding tert-OH is 1. The highest BCUT2D eigenvalue weighted by Gasteiger charge is 2.16. The Balaban J connectivity index is 3.60. The van der Waals surface area contributed by atoms with Gasteiger partial charge in [-0.05, 0) is 0 Å². The van der Waals surface area contributed by atoms with Gasteiger partial charge in [0.15, 0.2) is 0 Å². The molecule has 0 heterocycles. The van der Waals surface area contributed by atoms with E-state index in [-0.39, 0.29) is 17.9 Å². The highest BCUT2D eigenvalue weighted by molar-refractivity contribution is 5.76. The van der Waals surface area contributed by atoms with Crippen LogP contribution in [0.25, 0.3) is 0 Å². The van der Waals surface area contributed by atoms with Crippen LogP contribution in [0.3, 0.4) is 0 Å². The van der Waals surface area contributed by atoms with E-state index in [9.17, 15) is 4.79 Å². The molecule has 0 aliphatic carbocycles. The van der Waals surface area contributed by atoms with E-state index in [0.717, 1.165) is 0 Å². The highest BCUT2D eigenvalue weighted by Crippen LogP contribution is 2.10. The van der Waals surface area contributed by atoms with Crippen LogP contribution in [0.4, 0.5) is 0 Å². The number of carbonyl (C=O) groups is 1. The fourth-order valence-corrected chi connectivity index (χ4v) is 0.613. The molecule has 1 amide bonds. The molecular formula is C8H18N2O2. The Hall–Kier alpha value is -0.610. The minimum absolute atomic E-state index is 0.0565. The molecule has 0 aliphatic heterocycles. The molecule has 0 aliphatic rings. The summed E-state index contributed by atoms with van der Waals surface area (Å²) in [6, 6.07) is 0. The molecule has 0 unspecified atom stereocenters. The van der Waals surface area contributed by atoms with Crippen molar-refractivity contribution in [3.63, 3.8) is 0 Å². The highest BCUT2D eigenvalue weighted by atomic mass is 16.3. The molecule has 0 saturated carbocycles. The van der Waals surface area contributed by atoms with E-state index in [2.05, 4.69) is 5.32 Å². The molecule has 0 saturated heterocycles.